The van der Waals surface area contributed by atoms with Gasteiger partial charge in [0.25, 0.3) is 10.2 Å². The summed E-state index contributed by atoms with van der Waals surface area (Å²) in [6, 6.07) is 8.28. The highest BCUT2D eigenvalue weighted by Gasteiger charge is 2.37. The molecule has 29 heavy (non-hydrogen) atoms. The van der Waals surface area contributed by atoms with E-state index in [1.807, 2.05) is 0 Å². The molecule has 7 heteroatoms. The second-order valence-corrected chi connectivity index (χ2v) is 10.8. The lowest BCUT2D eigenvalue weighted by Crippen LogP contribution is -2.52. The first-order chi connectivity index (χ1) is 13.8. The van der Waals surface area contributed by atoms with Gasteiger partial charge in [-0.2, -0.15) is 17.0 Å². The zero-order chi connectivity index (χ0) is 21.0. The summed E-state index contributed by atoms with van der Waals surface area (Å²) in [7, 11) is -3.43. The highest BCUT2D eigenvalue weighted by molar-refractivity contribution is 7.86. The van der Waals surface area contributed by atoms with E-state index >= 15 is 0 Å². The minimum atomic E-state index is -3.43. The molecule has 0 saturated carbocycles. The molecule has 6 nitrogen and oxygen atoms in total. The number of carbonyl (C=O) groups excluding carboxylic acids is 1. The van der Waals surface area contributed by atoms with Crippen molar-refractivity contribution >= 4 is 16.1 Å². The fraction of sp³-hybridized carbons (Fsp3) is 0.682. The van der Waals surface area contributed by atoms with Crippen molar-refractivity contribution in [1.29, 1.82) is 0 Å². The van der Waals surface area contributed by atoms with Crippen LogP contribution in [0.4, 0.5) is 0 Å². The third-order valence-electron chi connectivity index (χ3n) is 6.21. The topological polar surface area (TPSA) is 69.7 Å². The lowest BCUT2D eigenvalue weighted by Gasteiger charge is -2.39. The highest BCUT2D eigenvalue weighted by Crippen LogP contribution is 2.27. The van der Waals surface area contributed by atoms with Crippen LogP contribution in [0.2, 0.25) is 0 Å². The molecule has 162 valence electrons. The Kier molecular flexibility index (Phi) is 7.35. The first-order valence-electron chi connectivity index (χ1n) is 10.9. The minimum Gasteiger partial charge on any atom is -0.352 e. The van der Waals surface area contributed by atoms with Crippen LogP contribution >= 0.6 is 0 Å². The molecule has 0 radical (unpaired) electrons. The number of nitrogens with zero attached hydrogens (tertiary/aromatic N) is 2. The molecule has 2 fully saturated rings. The molecule has 2 aliphatic heterocycles. The van der Waals surface area contributed by atoms with Crippen molar-refractivity contribution in [1.82, 2.24) is 13.9 Å². The van der Waals surface area contributed by atoms with Crippen molar-refractivity contribution in [3.05, 3.63) is 35.4 Å². The molecule has 1 aromatic rings. The van der Waals surface area contributed by atoms with Gasteiger partial charge in [-0.1, -0.05) is 45.0 Å². The lowest BCUT2D eigenvalue weighted by molar-refractivity contribution is -0.126. The third kappa shape index (κ3) is 5.58. The van der Waals surface area contributed by atoms with Gasteiger partial charge in [-0.25, -0.2) is 0 Å². The molecule has 0 unspecified atom stereocenters. The molecular weight excluding hydrogens is 386 g/mol. The molecule has 0 aromatic heterocycles. The van der Waals surface area contributed by atoms with Crippen molar-refractivity contribution in [3.63, 3.8) is 0 Å². The van der Waals surface area contributed by atoms with E-state index < -0.39 is 10.2 Å². The van der Waals surface area contributed by atoms with Gasteiger partial charge >= 0.3 is 0 Å². The minimum absolute atomic E-state index is 0.0295. The van der Waals surface area contributed by atoms with Gasteiger partial charge in [0.1, 0.15) is 0 Å². The van der Waals surface area contributed by atoms with Crippen LogP contribution in [-0.4, -0.2) is 49.1 Å². The first-order valence-corrected chi connectivity index (χ1v) is 12.3. The Balaban J connectivity index is 1.49. The number of aryl methyl sites for hydroxylation is 1. The summed E-state index contributed by atoms with van der Waals surface area (Å²) in [5, 5.41) is 3.02. The van der Waals surface area contributed by atoms with E-state index in [0.29, 0.717) is 57.4 Å². The Morgan fingerprint density at radius 1 is 1.00 bits per heavy atom. The second-order valence-electron chi connectivity index (χ2n) is 8.83. The van der Waals surface area contributed by atoms with Crippen molar-refractivity contribution in [3.8, 4) is 0 Å². The van der Waals surface area contributed by atoms with E-state index in [2.05, 4.69) is 50.4 Å². The summed E-state index contributed by atoms with van der Waals surface area (Å²) in [6.07, 6.45) is 3.25. The number of hydrogen-bond donors (Lipinski definition) is 1. The fourth-order valence-corrected chi connectivity index (χ4v) is 6.42. The number of amides is 1. The molecule has 1 aromatic carbocycles. The molecule has 2 aliphatic rings. The Morgan fingerprint density at radius 3 is 2.10 bits per heavy atom. The summed E-state index contributed by atoms with van der Waals surface area (Å²) >= 11 is 0. The number of rotatable bonds is 6. The van der Waals surface area contributed by atoms with Gasteiger partial charge in [0.2, 0.25) is 5.91 Å². The molecule has 1 amide bonds. The van der Waals surface area contributed by atoms with E-state index in [1.165, 1.54) is 5.56 Å². The zero-order valence-electron chi connectivity index (χ0n) is 17.9. The van der Waals surface area contributed by atoms with Crippen LogP contribution in [0.5, 0.6) is 0 Å². The molecule has 0 bridgehead atoms. The smallest absolute Gasteiger partial charge is 0.281 e. The predicted octanol–water partition coefficient (Wildman–Crippen LogP) is 2.80. The summed E-state index contributed by atoms with van der Waals surface area (Å²) < 4.78 is 29.3. The molecule has 0 aliphatic carbocycles. The average molecular weight is 422 g/mol. The van der Waals surface area contributed by atoms with Gasteiger partial charge in [-0.05, 0) is 48.6 Å². The summed E-state index contributed by atoms with van der Waals surface area (Å²) in [4.78, 5) is 12.5. The van der Waals surface area contributed by atoms with Crippen molar-refractivity contribution in [2.24, 2.45) is 17.8 Å². The summed E-state index contributed by atoms with van der Waals surface area (Å²) in [6.45, 7) is 8.92. The van der Waals surface area contributed by atoms with E-state index in [-0.39, 0.29) is 11.8 Å². The van der Waals surface area contributed by atoms with Crippen LogP contribution in [0.25, 0.3) is 0 Å². The molecule has 2 heterocycles. The van der Waals surface area contributed by atoms with Crippen LogP contribution in [-0.2, 0) is 28.0 Å². The second kappa shape index (κ2) is 9.58. The predicted molar refractivity (Wildman–Crippen MR) is 115 cm³/mol. The van der Waals surface area contributed by atoms with E-state index in [1.54, 1.807) is 8.61 Å². The van der Waals surface area contributed by atoms with E-state index in [4.69, 9.17) is 0 Å². The van der Waals surface area contributed by atoms with Gasteiger partial charge in [-0.3, -0.25) is 4.79 Å². The van der Waals surface area contributed by atoms with Crippen LogP contribution in [0, 0.1) is 17.8 Å². The normalized spacial score (nSPS) is 25.1. The zero-order valence-corrected chi connectivity index (χ0v) is 18.7. The number of nitrogens with one attached hydrogen (secondary N) is 1. The van der Waals surface area contributed by atoms with Crippen LogP contribution < -0.4 is 5.32 Å². The molecule has 1 N–H and O–H groups in total. The molecule has 2 saturated heterocycles. The highest BCUT2D eigenvalue weighted by atomic mass is 32.2. The molecule has 0 spiro atoms. The Morgan fingerprint density at radius 2 is 1.55 bits per heavy atom. The van der Waals surface area contributed by atoms with Crippen molar-refractivity contribution in [2.75, 3.05) is 26.2 Å². The number of benzene rings is 1. The van der Waals surface area contributed by atoms with Crippen LogP contribution in [0.1, 0.15) is 51.2 Å². The SMILES string of the molecule is CCc1ccc(CNC(=O)C2CCN(S(=O)(=O)N3C[C@@H](C)C[C@H](C)C3)CC2)cc1. The van der Waals surface area contributed by atoms with Gasteiger partial charge in [0, 0.05) is 38.6 Å². The van der Waals surface area contributed by atoms with Crippen LogP contribution in [0.15, 0.2) is 24.3 Å². The summed E-state index contributed by atoms with van der Waals surface area (Å²) in [5.41, 5.74) is 2.37. The maximum absolute atomic E-state index is 13.0. The Labute approximate surface area is 175 Å². The van der Waals surface area contributed by atoms with Crippen molar-refractivity contribution < 1.29 is 13.2 Å². The Bertz CT molecular complexity index is 776. The standard InChI is InChI=1S/C22H35N3O3S/c1-4-19-5-7-20(8-6-19)14-23-22(26)21-9-11-24(12-10-21)29(27,28)25-15-17(2)13-18(3)16-25/h5-8,17-18,21H,4,9-16H2,1-3H3,(H,23,26)/t17-,18-/m0/s1. The number of piperidine rings is 2. The maximum atomic E-state index is 13.0. The van der Waals surface area contributed by atoms with E-state index in [0.717, 1.165) is 18.4 Å². The van der Waals surface area contributed by atoms with Gasteiger partial charge in [-0.15, -0.1) is 0 Å². The van der Waals surface area contributed by atoms with Gasteiger partial charge in [0.05, 0.1) is 0 Å². The van der Waals surface area contributed by atoms with E-state index in [9.17, 15) is 13.2 Å². The first kappa shape index (κ1) is 22.2. The van der Waals surface area contributed by atoms with Gasteiger partial charge in [0.15, 0.2) is 0 Å². The summed E-state index contributed by atoms with van der Waals surface area (Å²) in [5.74, 6) is 0.698. The maximum Gasteiger partial charge on any atom is 0.281 e. The number of hydrogen-bond acceptors (Lipinski definition) is 3. The fourth-order valence-electron chi connectivity index (χ4n) is 4.53. The van der Waals surface area contributed by atoms with Crippen LogP contribution in [0.3, 0.4) is 0 Å². The number of carbonyl (C=O) groups is 1. The van der Waals surface area contributed by atoms with Crippen molar-refractivity contribution in [2.45, 2.75) is 53.0 Å². The lowest BCUT2D eigenvalue weighted by atomic mass is 9.94. The third-order valence-corrected chi connectivity index (χ3v) is 8.18. The molecule has 2 atom stereocenters. The van der Waals surface area contributed by atoms with Gasteiger partial charge < -0.3 is 5.32 Å². The average Bonchev–Trinajstić information content (AvgIpc) is 2.71. The Hall–Kier alpha value is -1.44. The quantitative estimate of drug-likeness (QED) is 0.768. The molecule has 3 rings (SSSR count). The largest absolute Gasteiger partial charge is 0.352 e. The monoisotopic (exact) mass is 421 g/mol. The molecular formula is C22H35N3O3S.